The Balaban J connectivity index is 2.16. The molecule has 8 heteroatoms. The van der Waals surface area contributed by atoms with E-state index in [4.69, 9.17) is 9.52 Å². The van der Waals surface area contributed by atoms with Crippen molar-refractivity contribution in [1.82, 2.24) is 4.98 Å². The first-order valence-electron chi connectivity index (χ1n) is 6.27. The van der Waals surface area contributed by atoms with Gasteiger partial charge in [-0.3, -0.25) is 0 Å². The van der Waals surface area contributed by atoms with Crippen molar-refractivity contribution in [2.75, 3.05) is 0 Å². The number of nitrogens with zero attached hydrogens (tertiary/aromatic N) is 1. The largest absolute Gasteiger partial charge is 0.478 e. The molecule has 118 valence electrons. The van der Waals surface area contributed by atoms with Gasteiger partial charge in [-0.25, -0.2) is 14.2 Å². The predicted octanol–water partition coefficient (Wildman–Crippen LogP) is 4.35. The van der Waals surface area contributed by atoms with E-state index in [-0.39, 0.29) is 22.6 Å². The molecule has 0 bridgehead atoms. The van der Waals surface area contributed by atoms with Gasteiger partial charge in [0.15, 0.2) is 5.58 Å². The van der Waals surface area contributed by atoms with E-state index in [0.717, 1.165) is 12.1 Å². The summed E-state index contributed by atoms with van der Waals surface area (Å²) >= 11 is 0. The number of carboxylic acids is 1. The van der Waals surface area contributed by atoms with Crippen LogP contribution >= 0.6 is 0 Å². The molecule has 0 fully saturated rings. The molecule has 0 spiro atoms. The lowest BCUT2D eigenvalue weighted by molar-refractivity contribution is -0.139. The maximum atomic E-state index is 14.1. The minimum absolute atomic E-state index is 0.0386. The fraction of sp³-hybridized carbons (Fsp3) is 0.0667. The maximum Gasteiger partial charge on any atom is 0.419 e. The van der Waals surface area contributed by atoms with E-state index in [0.29, 0.717) is 6.07 Å². The van der Waals surface area contributed by atoms with E-state index in [1.165, 1.54) is 18.2 Å². The van der Waals surface area contributed by atoms with Gasteiger partial charge >= 0.3 is 12.1 Å². The number of rotatable bonds is 2. The molecular formula is C15H7F4NO3. The second-order valence-corrected chi connectivity index (χ2v) is 4.67. The molecule has 2 aromatic carbocycles. The van der Waals surface area contributed by atoms with Gasteiger partial charge in [0, 0.05) is 0 Å². The fourth-order valence-electron chi connectivity index (χ4n) is 2.09. The minimum Gasteiger partial charge on any atom is -0.478 e. The van der Waals surface area contributed by atoms with Crippen LogP contribution in [0.25, 0.3) is 22.6 Å². The number of benzene rings is 2. The topological polar surface area (TPSA) is 63.3 Å². The number of aromatic carboxylic acids is 1. The molecule has 0 unspecified atom stereocenters. The lowest BCUT2D eigenvalue weighted by Crippen LogP contribution is -2.08. The molecular weight excluding hydrogens is 318 g/mol. The normalized spacial score (nSPS) is 11.8. The first-order chi connectivity index (χ1) is 10.8. The van der Waals surface area contributed by atoms with Crippen molar-refractivity contribution in [3.8, 4) is 11.5 Å². The van der Waals surface area contributed by atoms with E-state index in [1.807, 2.05) is 0 Å². The van der Waals surface area contributed by atoms with Gasteiger partial charge < -0.3 is 9.52 Å². The van der Waals surface area contributed by atoms with Crippen molar-refractivity contribution < 1.29 is 31.9 Å². The van der Waals surface area contributed by atoms with Gasteiger partial charge in [0.1, 0.15) is 11.3 Å². The third-order valence-corrected chi connectivity index (χ3v) is 3.17. The first kappa shape index (κ1) is 15.0. The standard InChI is InChI=1S/C15H7F4NO3/c16-12-8(2-1-3-9(12)15(17,18)19)13-20-10-5-4-7(14(21)22)6-11(10)23-13/h1-6H,(H,21,22). The maximum absolute atomic E-state index is 14.1. The lowest BCUT2D eigenvalue weighted by Gasteiger charge is -2.09. The average molecular weight is 325 g/mol. The smallest absolute Gasteiger partial charge is 0.419 e. The Morgan fingerprint density at radius 3 is 2.57 bits per heavy atom. The highest BCUT2D eigenvalue weighted by Crippen LogP contribution is 2.36. The minimum atomic E-state index is -4.84. The number of carbonyl (C=O) groups is 1. The van der Waals surface area contributed by atoms with Gasteiger partial charge in [0.2, 0.25) is 5.89 Å². The Labute approximate surface area is 126 Å². The predicted molar refractivity (Wildman–Crippen MR) is 71.4 cm³/mol. The summed E-state index contributed by atoms with van der Waals surface area (Å²) in [7, 11) is 0. The summed E-state index contributed by atoms with van der Waals surface area (Å²) in [5, 5.41) is 8.89. The monoisotopic (exact) mass is 325 g/mol. The SMILES string of the molecule is O=C(O)c1ccc2nc(-c3cccc(C(F)(F)F)c3F)oc2c1. The van der Waals surface area contributed by atoms with E-state index in [2.05, 4.69) is 4.98 Å². The molecule has 0 aliphatic rings. The summed E-state index contributed by atoms with van der Waals surface area (Å²) in [6, 6.07) is 6.52. The van der Waals surface area contributed by atoms with Crippen molar-refractivity contribution in [1.29, 1.82) is 0 Å². The average Bonchev–Trinajstić information content (AvgIpc) is 2.88. The van der Waals surface area contributed by atoms with Gasteiger partial charge in [-0.1, -0.05) is 6.07 Å². The molecule has 3 rings (SSSR count). The molecule has 1 heterocycles. The second kappa shape index (κ2) is 5.08. The van der Waals surface area contributed by atoms with Crippen molar-refractivity contribution in [3.05, 3.63) is 53.3 Å². The molecule has 0 radical (unpaired) electrons. The van der Waals surface area contributed by atoms with Crippen LogP contribution in [0.15, 0.2) is 40.8 Å². The zero-order valence-electron chi connectivity index (χ0n) is 11.2. The van der Waals surface area contributed by atoms with Gasteiger partial charge in [0.05, 0.1) is 16.7 Å². The number of alkyl halides is 3. The number of hydrogen-bond acceptors (Lipinski definition) is 3. The third-order valence-electron chi connectivity index (χ3n) is 3.17. The highest BCUT2D eigenvalue weighted by atomic mass is 19.4. The van der Waals surface area contributed by atoms with Crippen LogP contribution in [0.5, 0.6) is 0 Å². The Bertz CT molecular complexity index is 915. The Morgan fingerprint density at radius 1 is 1.17 bits per heavy atom. The molecule has 0 saturated carbocycles. The molecule has 0 saturated heterocycles. The summed E-state index contributed by atoms with van der Waals surface area (Å²) in [4.78, 5) is 14.8. The van der Waals surface area contributed by atoms with Crippen LogP contribution in [-0.2, 0) is 6.18 Å². The van der Waals surface area contributed by atoms with Crippen LogP contribution in [0.2, 0.25) is 0 Å². The summed E-state index contributed by atoms with van der Waals surface area (Å²) < 4.78 is 57.5. The number of fused-ring (bicyclic) bond motifs is 1. The van der Waals surface area contributed by atoms with Crippen LogP contribution in [-0.4, -0.2) is 16.1 Å². The lowest BCUT2D eigenvalue weighted by atomic mass is 10.1. The zero-order valence-corrected chi connectivity index (χ0v) is 11.2. The quantitative estimate of drug-likeness (QED) is 0.712. The first-order valence-corrected chi connectivity index (χ1v) is 6.27. The van der Waals surface area contributed by atoms with Gasteiger partial charge in [-0.15, -0.1) is 0 Å². The third kappa shape index (κ3) is 2.63. The molecule has 0 amide bonds. The van der Waals surface area contributed by atoms with E-state index >= 15 is 0 Å². The van der Waals surface area contributed by atoms with Gasteiger partial charge in [0.25, 0.3) is 0 Å². The Kier molecular flexibility index (Phi) is 3.32. The van der Waals surface area contributed by atoms with E-state index in [1.54, 1.807) is 0 Å². The number of aromatic nitrogens is 1. The van der Waals surface area contributed by atoms with Crippen molar-refractivity contribution >= 4 is 17.1 Å². The molecule has 0 aliphatic heterocycles. The van der Waals surface area contributed by atoms with Crippen molar-refractivity contribution in [2.45, 2.75) is 6.18 Å². The summed E-state index contributed by atoms with van der Waals surface area (Å²) in [5.74, 6) is -3.05. The van der Waals surface area contributed by atoms with Crippen LogP contribution < -0.4 is 0 Å². The molecule has 0 atom stereocenters. The summed E-state index contributed by atoms with van der Waals surface area (Å²) in [6.07, 6.45) is -4.84. The highest BCUT2D eigenvalue weighted by Gasteiger charge is 2.35. The number of carboxylic acid groups (broad SMARTS) is 1. The number of oxazole rings is 1. The summed E-state index contributed by atoms with van der Waals surface area (Å²) in [6.45, 7) is 0. The van der Waals surface area contributed by atoms with Crippen LogP contribution in [0.1, 0.15) is 15.9 Å². The Morgan fingerprint density at radius 2 is 1.91 bits per heavy atom. The molecule has 1 aromatic heterocycles. The molecule has 3 aromatic rings. The second-order valence-electron chi connectivity index (χ2n) is 4.67. The summed E-state index contributed by atoms with van der Waals surface area (Å²) in [5.41, 5.74) is -1.71. The van der Waals surface area contributed by atoms with Crippen molar-refractivity contribution in [2.24, 2.45) is 0 Å². The van der Waals surface area contributed by atoms with E-state index < -0.39 is 29.1 Å². The van der Waals surface area contributed by atoms with Crippen LogP contribution in [0.3, 0.4) is 0 Å². The molecule has 23 heavy (non-hydrogen) atoms. The number of hydrogen-bond donors (Lipinski definition) is 1. The van der Waals surface area contributed by atoms with Gasteiger partial charge in [-0.2, -0.15) is 13.2 Å². The van der Waals surface area contributed by atoms with Gasteiger partial charge in [-0.05, 0) is 30.3 Å². The van der Waals surface area contributed by atoms with E-state index in [9.17, 15) is 22.4 Å². The van der Waals surface area contributed by atoms with Crippen LogP contribution in [0, 0.1) is 5.82 Å². The molecule has 4 nitrogen and oxygen atoms in total. The molecule has 0 aliphatic carbocycles. The van der Waals surface area contributed by atoms with Crippen molar-refractivity contribution in [3.63, 3.8) is 0 Å². The Hall–Kier alpha value is -2.90. The van der Waals surface area contributed by atoms with Crippen LogP contribution in [0.4, 0.5) is 17.6 Å². The zero-order chi connectivity index (χ0) is 16.8. The fourth-order valence-corrected chi connectivity index (χ4v) is 2.09. The molecule has 1 N–H and O–H groups in total. The highest BCUT2D eigenvalue weighted by molar-refractivity contribution is 5.92. The number of halogens is 4.